The Hall–Kier alpha value is -4.34. The molecule has 238 valence electrons. The molecular formula is C35H42N4O6. The van der Waals surface area contributed by atoms with Crippen LogP contribution in [0.3, 0.4) is 0 Å². The highest BCUT2D eigenvalue weighted by Crippen LogP contribution is 2.54. The van der Waals surface area contributed by atoms with E-state index in [9.17, 15) is 19.2 Å². The number of carboxylic acids is 1. The maximum Gasteiger partial charge on any atom is 0.408 e. The van der Waals surface area contributed by atoms with Crippen molar-refractivity contribution in [3.63, 3.8) is 0 Å². The molecule has 0 saturated heterocycles. The van der Waals surface area contributed by atoms with E-state index in [0.29, 0.717) is 36.9 Å². The molecule has 2 aromatic carbocycles. The summed E-state index contributed by atoms with van der Waals surface area (Å²) in [4.78, 5) is 53.4. The van der Waals surface area contributed by atoms with Gasteiger partial charge in [0, 0.05) is 35.8 Å². The third kappa shape index (κ3) is 7.00. The van der Waals surface area contributed by atoms with Crippen LogP contribution >= 0.6 is 0 Å². The van der Waals surface area contributed by atoms with Crippen LogP contribution in [0.25, 0.3) is 10.9 Å². The van der Waals surface area contributed by atoms with Gasteiger partial charge in [-0.25, -0.2) is 4.79 Å². The van der Waals surface area contributed by atoms with Gasteiger partial charge in [0.05, 0.1) is 0 Å². The molecule has 7 rings (SSSR count). The lowest BCUT2D eigenvalue weighted by Gasteiger charge is -2.53. The lowest BCUT2D eigenvalue weighted by atomic mass is 9.55. The molecule has 0 aliphatic heterocycles. The fourth-order valence-corrected chi connectivity index (χ4v) is 8.11. The van der Waals surface area contributed by atoms with E-state index >= 15 is 0 Å². The first-order chi connectivity index (χ1) is 21.7. The van der Waals surface area contributed by atoms with Gasteiger partial charge >= 0.3 is 12.1 Å². The van der Waals surface area contributed by atoms with Gasteiger partial charge in [-0.15, -0.1) is 0 Å². The zero-order valence-corrected chi connectivity index (χ0v) is 25.6. The van der Waals surface area contributed by atoms with Crippen molar-refractivity contribution in [1.82, 2.24) is 15.6 Å². The number of carboxylic acid groups (broad SMARTS) is 1. The van der Waals surface area contributed by atoms with Gasteiger partial charge < -0.3 is 30.8 Å². The number of carbonyl (C=O) groups is 4. The number of hydrogen-bond acceptors (Lipinski definition) is 5. The van der Waals surface area contributed by atoms with Crippen molar-refractivity contribution in [2.24, 2.45) is 23.7 Å². The number of rotatable bonds is 12. The van der Waals surface area contributed by atoms with E-state index in [1.165, 1.54) is 6.42 Å². The van der Waals surface area contributed by atoms with Crippen molar-refractivity contribution in [2.45, 2.75) is 76.4 Å². The Morgan fingerprint density at radius 2 is 1.62 bits per heavy atom. The maximum atomic E-state index is 14.1. The number of hydrogen-bond donors (Lipinski definition) is 5. The van der Waals surface area contributed by atoms with Crippen LogP contribution in [-0.2, 0) is 32.0 Å². The number of aromatic amines is 1. The second-order valence-electron chi connectivity index (χ2n) is 13.4. The highest BCUT2D eigenvalue weighted by Gasteiger charge is 2.50. The van der Waals surface area contributed by atoms with Crippen LogP contribution in [-0.4, -0.2) is 52.2 Å². The number of aliphatic carboxylic acids is 1. The standard InChI is InChI=1S/C35H42N4O6/c1-35(19-26-20-37-29-11-5-3-9-27(26)29,39-34(44)45-32-24-14-21-13-22(16-24)17-25(32)15-21)33(43)38-28-10-4-2-7-23(28)8-6-12-36-30(40)18-31(41)42/h2-5,7,9-11,20-22,24-25,32,37H,6,8,12-19H2,1H3,(H,36,40)(H,38,43)(H,39,44)(H,41,42). The number of alkyl carbamates (subject to hydrolysis) is 1. The maximum absolute atomic E-state index is 14.1. The number of benzene rings is 2. The SMILES string of the molecule is CC(Cc1c[nH]c2ccccc12)(NC(=O)OC1C2CC3CC(C2)CC1C3)C(=O)Nc1ccccc1CCCNC(=O)CC(=O)O. The van der Waals surface area contributed by atoms with Crippen LogP contribution in [0.1, 0.15) is 63.0 Å². The first-order valence-electron chi connectivity index (χ1n) is 16.1. The van der Waals surface area contributed by atoms with E-state index < -0.39 is 29.9 Å². The summed E-state index contributed by atoms with van der Waals surface area (Å²) in [7, 11) is 0. The third-order valence-corrected chi connectivity index (χ3v) is 10.0. The summed E-state index contributed by atoms with van der Waals surface area (Å²) in [5, 5.41) is 18.4. The minimum Gasteiger partial charge on any atom is -0.481 e. The second kappa shape index (κ2) is 12.9. The van der Waals surface area contributed by atoms with Crippen LogP contribution < -0.4 is 16.0 Å². The van der Waals surface area contributed by atoms with E-state index in [1.54, 1.807) is 6.92 Å². The van der Waals surface area contributed by atoms with Crippen molar-refractivity contribution in [3.05, 3.63) is 65.9 Å². The highest BCUT2D eigenvalue weighted by molar-refractivity contribution is 6.01. The summed E-state index contributed by atoms with van der Waals surface area (Å²) in [6, 6.07) is 15.3. The number of carbonyl (C=O) groups excluding carboxylic acids is 3. The molecule has 10 nitrogen and oxygen atoms in total. The molecule has 1 unspecified atom stereocenters. The molecule has 3 amide bonds. The molecule has 4 saturated carbocycles. The first-order valence-corrected chi connectivity index (χ1v) is 16.1. The van der Waals surface area contributed by atoms with Crippen LogP contribution in [0, 0.1) is 23.7 Å². The zero-order chi connectivity index (χ0) is 31.6. The van der Waals surface area contributed by atoms with Gasteiger partial charge in [-0.05, 0) is 98.8 Å². The van der Waals surface area contributed by atoms with Crippen molar-refractivity contribution in [3.8, 4) is 0 Å². The summed E-state index contributed by atoms with van der Waals surface area (Å²) in [5.74, 6) is 0.249. The van der Waals surface area contributed by atoms with Crippen LogP contribution in [0.4, 0.5) is 10.5 Å². The van der Waals surface area contributed by atoms with Crippen LogP contribution in [0.2, 0.25) is 0 Å². The van der Waals surface area contributed by atoms with Gasteiger partial charge in [-0.3, -0.25) is 14.4 Å². The fraction of sp³-hybridized carbons (Fsp3) is 0.486. The Bertz CT molecular complexity index is 1550. The molecule has 3 aromatic rings. The lowest BCUT2D eigenvalue weighted by Crippen LogP contribution is -2.58. The van der Waals surface area contributed by atoms with E-state index in [-0.39, 0.29) is 18.4 Å². The number of fused-ring (bicyclic) bond motifs is 1. The molecule has 5 N–H and O–H groups in total. The van der Waals surface area contributed by atoms with Crippen molar-refractivity contribution < 1.29 is 29.0 Å². The summed E-state index contributed by atoms with van der Waals surface area (Å²) < 4.78 is 6.15. The molecule has 4 fully saturated rings. The molecule has 0 radical (unpaired) electrons. The Morgan fingerprint density at radius 1 is 0.933 bits per heavy atom. The molecule has 10 heteroatoms. The Morgan fingerprint density at radius 3 is 2.36 bits per heavy atom. The first kappa shape index (κ1) is 30.7. The summed E-state index contributed by atoms with van der Waals surface area (Å²) in [5.41, 5.74) is 2.01. The molecule has 45 heavy (non-hydrogen) atoms. The van der Waals surface area contributed by atoms with Gasteiger partial charge in [0.25, 0.3) is 0 Å². The van der Waals surface area contributed by atoms with Crippen molar-refractivity contribution in [2.75, 3.05) is 11.9 Å². The molecular weight excluding hydrogens is 572 g/mol. The predicted molar refractivity (Wildman–Crippen MR) is 170 cm³/mol. The number of aromatic nitrogens is 1. The topological polar surface area (TPSA) is 150 Å². The fourth-order valence-electron chi connectivity index (χ4n) is 8.11. The third-order valence-electron chi connectivity index (χ3n) is 10.0. The Kier molecular flexibility index (Phi) is 8.83. The van der Waals surface area contributed by atoms with Gasteiger partial charge in [0.15, 0.2) is 0 Å². The van der Waals surface area contributed by atoms with E-state index in [4.69, 9.17) is 9.84 Å². The number of H-pyrrole nitrogens is 1. The summed E-state index contributed by atoms with van der Waals surface area (Å²) >= 11 is 0. The van der Waals surface area contributed by atoms with Gasteiger partial charge in [0.2, 0.25) is 11.8 Å². The van der Waals surface area contributed by atoms with Crippen molar-refractivity contribution >= 4 is 40.5 Å². The summed E-state index contributed by atoms with van der Waals surface area (Å²) in [6.45, 7) is 2.05. The van der Waals surface area contributed by atoms with Gasteiger partial charge in [-0.1, -0.05) is 36.4 Å². The molecule has 1 atom stereocenters. The zero-order valence-electron chi connectivity index (χ0n) is 25.6. The van der Waals surface area contributed by atoms with E-state index in [0.717, 1.165) is 59.5 Å². The quantitative estimate of drug-likeness (QED) is 0.140. The van der Waals surface area contributed by atoms with Crippen LogP contribution in [0.15, 0.2) is 54.7 Å². The lowest BCUT2D eigenvalue weighted by molar-refractivity contribution is -0.140. The number of amides is 3. The number of aryl methyl sites for hydroxylation is 1. The smallest absolute Gasteiger partial charge is 0.408 e. The minimum absolute atomic E-state index is 0.102. The number of ether oxygens (including phenoxy) is 1. The average molecular weight is 615 g/mol. The number of nitrogens with one attached hydrogen (secondary N) is 4. The Balaban J connectivity index is 1.17. The molecule has 4 bridgehead atoms. The molecule has 0 spiro atoms. The van der Waals surface area contributed by atoms with Crippen LogP contribution in [0.5, 0.6) is 0 Å². The predicted octanol–water partition coefficient (Wildman–Crippen LogP) is 5.18. The summed E-state index contributed by atoms with van der Waals surface area (Å²) in [6.07, 6.45) is 7.81. The monoisotopic (exact) mass is 614 g/mol. The molecule has 4 aliphatic carbocycles. The van der Waals surface area contributed by atoms with Gasteiger partial charge in [-0.2, -0.15) is 0 Å². The number of anilines is 1. The average Bonchev–Trinajstić information content (AvgIpc) is 3.39. The minimum atomic E-state index is -1.33. The normalized spacial score (nSPS) is 24.5. The second-order valence-corrected chi connectivity index (χ2v) is 13.4. The number of para-hydroxylation sites is 2. The van der Waals surface area contributed by atoms with Crippen molar-refractivity contribution in [1.29, 1.82) is 0 Å². The Labute approximate surface area is 262 Å². The largest absolute Gasteiger partial charge is 0.481 e. The van der Waals surface area contributed by atoms with E-state index in [2.05, 4.69) is 20.9 Å². The molecule has 4 aliphatic rings. The molecule has 1 heterocycles. The molecule has 1 aromatic heterocycles. The van der Waals surface area contributed by atoms with Gasteiger partial charge in [0.1, 0.15) is 18.1 Å². The highest BCUT2D eigenvalue weighted by atomic mass is 16.6. The van der Waals surface area contributed by atoms with E-state index in [1.807, 2.05) is 54.7 Å².